The fourth-order valence-electron chi connectivity index (χ4n) is 3.17. The molecule has 0 bridgehead atoms. The summed E-state index contributed by atoms with van der Waals surface area (Å²) in [6.45, 7) is 1.48. The highest BCUT2D eigenvalue weighted by Gasteiger charge is 2.15. The van der Waals surface area contributed by atoms with Gasteiger partial charge in [-0.3, -0.25) is 29.8 Å². The Kier molecular flexibility index (Phi) is 7.89. The van der Waals surface area contributed by atoms with E-state index in [0.717, 1.165) is 37.2 Å². The van der Waals surface area contributed by atoms with Crippen LogP contribution in [0, 0.1) is 20.2 Å². The maximum absolute atomic E-state index is 12.5. The molecule has 0 aliphatic heterocycles. The van der Waals surface area contributed by atoms with Gasteiger partial charge in [-0.1, -0.05) is 12.1 Å². The van der Waals surface area contributed by atoms with Crippen molar-refractivity contribution in [2.75, 3.05) is 27.2 Å². The summed E-state index contributed by atoms with van der Waals surface area (Å²) in [5.74, 6) is 0.680. The molecular formula is C23H23N5O7. The first kappa shape index (κ1) is 25.1. The monoisotopic (exact) mass is 481 g/mol. The zero-order valence-electron chi connectivity index (χ0n) is 19.0. The van der Waals surface area contributed by atoms with Crippen LogP contribution in [0.25, 0.3) is 12.2 Å². The van der Waals surface area contributed by atoms with Crippen LogP contribution in [0.4, 0.5) is 11.4 Å². The van der Waals surface area contributed by atoms with Crippen molar-refractivity contribution in [2.24, 2.45) is 0 Å². The van der Waals surface area contributed by atoms with Crippen LogP contribution in [0.1, 0.15) is 17.5 Å². The van der Waals surface area contributed by atoms with Gasteiger partial charge in [0, 0.05) is 18.7 Å². The molecule has 1 aromatic heterocycles. The number of aromatic nitrogens is 2. The Morgan fingerprint density at radius 1 is 0.857 bits per heavy atom. The van der Waals surface area contributed by atoms with Crippen LogP contribution in [-0.4, -0.2) is 52.0 Å². The maximum Gasteiger partial charge on any atom is 0.276 e. The topological polar surface area (TPSA) is 164 Å². The lowest BCUT2D eigenvalue weighted by Gasteiger charge is -2.10. The van der Waals surface area contributed by atoms with E-state index < -0.39 is 32.3 Å². The smallest absolute Gasteiger partial charge is 0.276 e. The molecule has 0 aliphatic carbocycles. The number of rotatable bonds is 9. The minimum absolute atomic E-state index is 0.00294. The molecule has 182 valence electrons. The summed E-state index contributed by atoms with van der Waals surface area (Å²) < 4.78 is 5.67. The minimum atomic E-state index is -0.782. The van der Waals surface area contributed by atoms with E-state index in [9.17, 15) is 29.8 Å². The average molecular weight is 481 g/mol. The van der Waals surface area contributed by atoms with E-state index in [1.54, 1.807) is 24.3 Å². The molecule has 12 nitrogen and oxygen atoms in total. The summed E-state index contributed by atoms with van der Waals surface area (Å²) >= 11 is 0. The van der Waals surface area contributed by atoms with E-state index in [1.165, 1.54) is 6.08 Å². The molecule has 1 heterocycles. The van der Waals surface area contributed by atoms with E-state index in [4.69, 9.17) is 4.74 Å². The van der Waals surface area contributed by atoms with Gasteiger partial charge in [-0.15, -0.1) is 0 Å². The standard InChI is InChI=1S/C23H23N5O7/c1-26(2)8-3-9-35-19-6-4-15(5-7-19)12-20-22(29)25-21(23(30)24-20)13-16-10-17(27(31)32)14-18(11-16)28(33)34/h4-7,10-14H,3,8-9H2,1-2H3,(H,24,30)(H,25,29)/b20-12-,21-13-. The third-order valence-corrected chi connectivity index (χ3v) is 4.85. The lowest BCUT2D eigenvalue weighted by molar-refractivity contribution is -0.394. The summed E-state index contributed by atoms with van der Waals surface area (Å²) in [5.41, 5.74) is -1.65. The van der Waals surface area contributed by atoms with Gasteiger partial charge in [0.1, 0.15) is 16.4 Å². The van der Waals surface area contributed by atoms with Crippen molar-refractivity contribution in [3.63, 3.8) is 0 Å². The number of nitrogens with zero attached hydrogens (tertiary/aromatic N) is 3. The number of nitro groups is 2. The quantitative estimate of drug-likeness (QED) is 0.258. The molecule has 0 aliphatic rings. The third kappa shape index (κ3) is 6.95. The fraction of sp³-hybridized carbons (Fsp3) is 0.217. The average Bonchev–Trinajstić information content (AvgIpc) is 2.80. The second kappa shape index (κ2) is 11.0. The molecule has 2 N–H and O–H groups in total. The van der Waals surface area contributed by atoms with Gasteiger partial charge in [0.25, 0.3) is 22.5 Å². The Hall–Kier alpha value is -4.58. The summed E-state index contributed by atoms with van der Waals surface area (Å²) in [6.07, 6.45) is 3.50. The fourth-order valence-corrected chi connectivity index (χ4v) is 3.17. The van der Waals surface area contributed by atoms with E-state index in [1.807, 2.05) is 14.1 Å². The molecule has 0 fully saturated rings. The number of aromatic amines is 2. The van der Waals surface area contributed by atoms with Gasteiger partial charge in [0.15, 0.2) is 0 Å². The first-order valence-electron chi connectivity index (χ1n) is 10.5. The number of benzene rings is 2. The highest BCUT2D eigenvalue weighted by molar-refractivity contribution is 5.58. The van der Waals surface area contributed by atoms with Crippen molar-refractivity contribution >= 4 is 23.5 Å². The lowest BCUT2D eigenvalue weighted by atomic mass is 10.1. The summed E-state index contributed by atoms with van der Waals surface area (Å²) in [7, 11) is 3.97. The minimum Gasteiger partial charge on any atom is -0.494 e. The maximum atomic E-state index is 12.5. The van der Waals surface area contributed by atoms with Crippen molar-refractivity contribution in [1.29, 1.82) is 0 Å². The number of nitrogens with one attached hydrogen (secondary N) is 2. The molecule has 0 spiro atoms. The van der Waals surface area contributed by atoms with Crippen molar-refractivity contribution in [3.05, 3.63) is 105 Å². The summed E-state index contributed by atoms with van der Waals surface area (Å²) in [6, 6.07) is 9.92. The van der Waals surface area contributed by atoms with Gasteiger partial charge >= 0.3 is 0 Å². The van der Waals surface area contributed by atoms with E-state index in [2.05, 4.69) is 14.9 Å². The lowest BCUT2D eigenvalue weighted by Crippen LogP contribution is -2.46. The van der Waals surface area contributed by atoms with Gasteiger partial charge in [0.05, 0.1) is 22.5 Å². The van der Waals surface area contributed by atoms with Gasteiger partial charge < -0.3 is 19.6 Å². The molecular weight excluding hydrogens is 458 g/mol. The van der Waals surface area contributed by atoms with Crippen LogP contribution in [-0.2, 0) is 0 Å². The Morgan fingerprint density at radius 2 is 1.37 bits per heavy atom. The van der Waals surface area contributed by atoms with Crippen LogP contribution >= 0.6 is 0 Å². The number of nitro benzene ring substituents is 2. The largest absolute Gasteiger partial charge is 0.494 e. The Balaban J connectivity index is 1.89. The Bertz CT molecular complexity index is 1440. The molecule has 0 atom stereocenters. The normalized spacial score (nSPS) is 12.2. The Morgan fingerprint density at radius 3 is 1.86 bits per heavy atom. The highest BCUT2D eigenvalue weighted by Crippen LogP contribution is 2.22. The van der Waals surface area contributed by atoms with Crippen LogP contribution < -0.4 is 26.6 Å². The summed E-state index contributed by atoms with van der Waals surface area (Å²) in [4.78, 5) is 52.5. The predicted octanol–water partition coefficient (Wildman–Crippen LogP) is 0.868. The van der Waals surface area contributed by atoms with Crippen LogP contribution in [0.5, 0.6) is 5.75 Å². The van der Waals surface area contributed by atoms with Crippen LogP contribution in [0.2, 0.25) is 0 Å². The first-order valence-corrected chi connectivity index (χ1v) is 10.5. The van der Waals surface area contributed by atoms with Crippen molar-refractivity contribution in [2.45, 2.75) is 6.42 Å². The van der Waals surface area contributed by atoms with Gasteiger partial charge in [-0.05, 0) is 55.9 Å². The zero-order chi connectivity index (χ0) is 25.5. The zero-order valence-corrected chi connectivity index (χ0v) is 19.0. The van der Waals surface area contributed by atoms with Gasteiger partial charge in [-0.25, -0.2) is 0 Å². The van der Waals surface area contributed by atoms with Crippen LogP contribution in [0.15, 0.2) is 52.1 Å². The second-order valence-electron chi connectivity index (χ2n) is 7.90. The molecule has 3 rings (SSSR count). The highest BCUT2D eigenvalue weighted by atomic mass is 16.6. The van der Waals surface area contributed by atoms with Gasteiger partial charge in [-0.2, -0.15) is 0 Å². The third-order valence-electron chi connectivity index (χ3n) is 4.85. The Labute approximate surface area is 198 Å². The molecule has 0 radical (unpaired) electrons. The molecule has 0 amide bonds. The van der Waals surface area contributed by atoms with Crippen molar-refractivity contribution < 1.29 is 14.6 Å². The van der Waals surface area contributed by atoms with Crippen LogP contribution in [0.3, 0.4) is 0 Å². The number of non-ortho nitro benzene ring substituents is 2. The van der Waals surface area contributed by atoms with E-state index in [0.29, 0.717) is 17.9 Å². The number of ether oxygens (including phenoxy) is 1. The second-order valence-corrected chi connectivity index (χ2v) is 7.90. The number of hydrogen-bond donors (Lipinski definition) is 2. The van der Waals surface area contributed by atoms with Crippen molar-refractivity contribution in [1.82, 2.24) is 14.9 Å². The molecule has 12 heteroatoms. The summed E-state index contributed by atoms with van der Waals surface area (Å²) in [5, 5.41) is 21.9. The number of H-pyrrole nitrogens is 2. The van der Waals surface area contributed by atoms with Gasteiger partial charge in [0.2, 0.25) is 0 Å². The van der Waals surface area contributed by atoms with E-state index in [-0.39, 0.29) is 16.3 Å². The number of hydrogen-bond acceptors (Lipinski definition) is 8. The van der Waals surface area contributed by atoms with E-state index >= 15 is 0 Å². The SMILES string of the molecule is CN(C)CCCOc1ccc(/C=c2\[nH]c(=O)/c(=C/c3cc([N+](=O)[O-])cc([N+](=O)[O-])c3)[nH]c2=O)cc1. The molecule has 0 saturated carbocycles. The molecule has 0 saturated heterocycles. The molecule has 35 heavy (non-hydrogen) atoms. The molecule has 2 aromatic carbocycles. The van der Waals surface area contributed by atoms with Crippen molar-refractivity contribution in [3.8, 4) is 5.75 Å². The first-order chi connectivity index (χ1) is 16.6. The molecule has 3 aromatic rings. The molecule has 0 unspecified atom stereocenters. The predicted molar refractivity (Wildman–Crippen MR) is 129 cm³/mol.